The van der Waals surface area contributed by atoms with Crippen LogP contribution < -0.4 is 11.2 Å². The molecule has 7 heteroatoms. The number of aromatic nitrogens is 4. The van der Waals surface area contributed by atoms with Crippen molar-refractivity contribution in [2.45, 2.75) is 6.54 Å². The number of aromatic amines is 1. The van der Waals surface area contributed by atoms with Gasteiger partial charge < -0.3 is 0 Å². The Morgan fingerprint density at radius 2 is 2.25 bits per heavy atom. The Morgan fingerprint density at radius 1 is 1.44 bits per heavy atom. The summed E-state index contributed by atoms with van der Waals surface area (Å²) in [4.78, 5) is 32.9. The first kappa shape index (κ1) is 10.6. The molecule has 0 spiro atoms. The SMILES string of the molecule is O=c1cc(Cl)[nH]c(=O)n1Cc1ccncn1. The second-order valence-electron chi connectivity index (χ2n) is 3.05. The van der Waals surface area contributed by atoms with E-state index in [9.17, 15) is 9.59 Å². The lowest BCUT2D eigenvalue weighted by molar-refractivity contribution is 0.683. The van der Waals surface area contributed by atoms with E-state index in [1.54, 1.807) is 6.07 Å². The first-order valence-corrected chi connectivity index (χ1v) is 4.79. The van der Waals surface area contributed by atoms with Gasteiger partial charge in [-0.3, -0.25) is 14.3 Å². The molecule has 0 fully saturated rings. The maximum absolute atomic E-state index is 11.5. The molecular formula is C9H7ClN4O2. The van der Waals surface area contributed by atoms with E-state index in [0.717, 1.165) is 10.6 Å². The zero-order valence-corrected chi connectivity index (χ0v) is 8.81. The van der Waals surface area contributed by atoms with Gasteiger partial charge in [0.05, 0.1) is 12.2 Å². The van der Waals surface area contributed by atoms with Gasteiger partial charge in [-0.05, 0) is 6.07 Å². The van der Waals surface area contributed by atoms with Gasteiger partial charge in [-0.15, -0.1) is 0 Å². The summed E-state index contributed by atoms with van der Waals surface area (Å²) in [6, 6.07) is 2.77. The van der Waals surface area contributed by atoms with Gasteiger partial charge in [0.15, 0.2) is 0 Å². The summed E-state index contributed by atoms with van der Waals surface area (Å²) >= 11 is 5.53. The van der Waals surface area contributed by atoms with Crippen molar-refractivity contribution < 1.29 is 0 Å². The van der Waals surface area contributed by atoms with Gasteiger partial charge in [0.1, 0.15) is 11.5 Å². The summed E-state index contributed by atoms with van der Waals surface area (Å²) in [5, 5.41) is 0.0222. The van der Waals surface area contributed by atoms with Crippen molar-refractivity contribution in [3.8, 4) is 0 Å². The molecule has 2 heterocycles. The Bertz CT molecular complexity index is 574. The fourth-order valence-corrected chi connectivity index (χ4v) is 1.39. The molecule has 2 aromatic heterocycles. The maximum atomic E-state index is 11.5. The minimum absolute atomic E-state index is 0.0222. The van der Waals surface area contributed by atoms with Crippen LogP contribution >= 0.6 is 11.6 Å². The normalized spacial score (nSPS) is 10.3. The Balaban J connectivity index is 2.44. The lowest BCUT2D eigenvalue weighted by atomic mass is 10.4. The molecule has 0 aliphatic rings. The lowest BCUT2D eigenvalue weighted by Crippen LogP contribution is -2.34. The zero-order chi connectivity index (χ0) is 11.5. The molecule has 0 aliphatic heterocycles. The summed E-state index contributed by atoms with van der Waals surface area (Å²) in [6.45, 7) is 0.0911. The van der Waals surface area contributed by atoms with E-state index in [4.69, 9.17) is 11.6 Å². The summed E-state index contributed by atoms with van der Waals surface area (Å²) in [7, 11) is 0. The summed E-state index contributed by atoms with van der Waals surface area (Å²) in [5.41, 5.74) is -0.451. The van der Waals surface area contributed by atoms with Crippen LogP contribution in [0.4, 0.5) is 0 Å². The van der Waals surface area contributed by atoms with Crippen LogP contribution in [0.1, 0.15) is 5.69 Å². The molecule has 0 aromatic carbocycles. The third kappa shape index (κ3) is 2.17. The van der Waals surface area contributed by atoms with Crippen molar-refractivity contribution in [1.29, 1.82) is 0 Å². The number of hydrogen-bond acceptors (Lipinski definition) is 4. The Labute approximate surface area is 94.6 Å². The molecule has 0 radical (unpaired) electrons. The van der Waals surface area contributed by atoms with Crippen LogP contribution in [0.3, 0.4) is 0 Å². The largest absolute Gasteiger partial charge is 0.329 e. The van der Waals surface area contributed by atoms with Gasteiger partial charge in [0.25, 0.3) is 5.56 Å². The van der Waals surface area contributed by atoms with Crippen molar-refractivity contribution >= 4 is 11.6 Å². The van der Waals surface area contributed by atoms with Crippen LogP contribution in [0.25, 0.3) is 0 Å². The topological polar surface area (TPSA) is 80.6 Å². The van der Waals surface area contributed by atoms with E-state index in [1.165, 1.54) is 12.5 Å². The molecule has 0 aliphatic carbocycles. The van der Waals surface area contributed by atoms with Gasteiger partial charge in [-0.1, -0.05) is 11.6 Å². The highest BCUT2D eigenvalue weighted by Gasteiger charge is 2.04. The summed E-state index contributed by atoms with van der Waals surface area (Å²) in [5.74, 6) is 0. The second-order valence-corrected chi connectivity index (χ2v) is 3.45. The van der Waals surface area contributed by atoms with Gasteiger partial charge in [0, 0.05) is 12.3 Å². The van der Waals surface area contributed by atoms with Crippen LogP contribution in [0.5, 0.6) is 0 Å². The fourth-order valence-electron chi connectivity index (χ4n) is 1.22. The molecule has 0 bridgehead atoms. The Kier molecular flexibility index (Phi) is 2.82. The molecule has 16 heavy (non-hydrogen) atoms. The minimum atomic E-state index is -0.559. The number of rotatable bonds is 2. The summed E-state index contributed by atoms with van der Waals surface area (Å²) in [6.07, 6.45) is 2.89. The van der Waals surface area contributed by atoms with Gasteiger partial charge >= 0.3 is 5.69 Å². The molecule has 6 nitrogen and oxygen atoms in total. The number of H-pyrrole nitrogens is 1. The maximum Gasteiger partial charge on any atom is 0.329 e. The average molecular weight is 239 g/mol. The first-order valence-electron chi connectivity index (χ1n) is 4.41. The van der Waals surface area contributed by atoms with E-state index < -0.39 is 11.2 Å². The van der Waals surface area contributed by atoms with Crippen LogP contribution in [0.2, 0.25) is 5.15 Å². The van der Waals surface area contributed by atoms with Crippen molar-refractivity contribution in [1.82, 2.24) is 19.5 Å². The quantitative estimate of drug-likeness (QED) is 0.749. The molecule has 0 unspecified atom stereocenters. The van der Waals surface area contributed by atoms with Crippen molar-refractivity contribution in [3.05, 3.63) is 56.3 Å². The highest BCUT2D eigenvalue weighted by Crippen LogP contribution is 1.95. The van der Waals surface area contributed by atoms with Crippen LogP contribution in [0, 0.1) is 0 Å². The molecule has 0 saturated carbocycles. The van der Waals surface area contributed by atoms with Gasteiger partial charge in [-0.25, -0.2) is 14.8 Å². The van der Waals surface area contributed by atoms with E-state index in [-0.39, 0.29) is 11.7 Å². The molecule has 0 atom stereocenters. The number of nitrogens with one attached hydrogen (secondary N) is 1. The van der Waals surface area contributed by atoms with Gasteiger partial charge in [-0.2, -0.15) is 0 Å². The van der Waals surface area contributed by atoms with Crippen molar-refractivity contribution in [2.75, 3.05) is 0 Å². The highest BCUT2D eigenvalue weighted by atomic mass is 35.5. The predicted molar refractivity (Wildman–Crippen MR) is 57.5 cm³/mol. The Morgan fingerprint density at radius 3 is 2.88 bits per heavy atom. The molecule has 0 amide bonds. The lowest BCUT2D eigenvalue weighted by Gasteiger charge is -2.02. The summed E-state index contributed by atoms with van der Waals surface area (Å²) < 4.78 is 1.01. The molecule has 0 saturated heterocycles. The standard InChI is InChI=1S/C9H7ClN4O2/c10-7-3-8(15)14(9(16)13-7)4-6-1-2-11-5-12-6/h1-3,5H,4H2,(H,13,16). The third-order valence-corrected chi connectivity index (χ3v) is 2.15. The third-order valence-electron chi connectivity index (χ3n) is 1.95. The molecule has 2 rings (SSSR count). The predicted octanol–water partition coefficient (Wildman–Crippen LogP) is 0.0283. The number of nitrogens with zero attached hydrogens (tertiary/aromatic N) is 3. The molecule has 2 aromatic rings. The van der Waals surface area contributed by atoms with Gasteiger partial charge in [0.2, 0.25) is 0 Å². The van der Waals surface area contributed by atoms with Crippen molar-refractivity contribution in [3.63, 3.8) is 0 Å². The van der Waals surface area contributed by atoms with Crippen molar-refractivity contribution in [2.24, 2.45) is 0 Å². The smallest absolute Gasteiger partial charge is 0.298 e. The zero-order valence-electron chi connectivity index (χ0n) is 8.05. The van der Waals surface area contributed by atoms with E-state index in [1.807, 2.05) is 0 Å². The monoisotopic (exact) mass is 238 g/mol. The minimum Gasteiger partial charge on any atom is -0.298 e. The molecular weight excluding hydrogens is 232 g/mol. The second kappa shape index (κ2) is 4.28. The van der Waals surface area contributed by atoms with E-state index in [0.29, 0.717) is 5.69 Å². The number of hydrogen-bond donors (Lipinski definition) is 1. The van der Waals surface area contributed by atoms with E-state index >= 15 is 0 Å². The highest BCUT2D eigenvalue weighted by molar-refractivity contribution is 6.29. The average Bonchev–Trinajstić information content (AvgIpc) is 2.25. The first-order chi connectivity index (χ1) is 7.66. The Hall–Kier alpha value is -1.95. The molecule has 1 N–H and O–H groups in total. The van der Waals surface area contributed by atoms with Crippen LogP contribution in [-0.2, 0) is 6.54 Å². The molecule has 82 valence electrons. The van der Waals surface area contributed by atoms with E-state index in [2.05, 4.69) is 15.0 Å². The van der Waals surface area contributed by atoms with Crippen LogP contribution in [-0.4, -0.2) is 19.5 Å². The fraction of sp³-hybridized carbons (Fsp3) is 0.111. The van der Waals surface area contributed by atoms with Crippen LogP contribution in [0.15, 0.2) is 34.2 Å². The number of halogens is 1.